The van der Waals surface area contributed by atoms with Gasteiger partial charge in [0.25, 0.3) is 5.91 Å². The number of hydrogen-bond acceptors (Lipinski definition) is 3. The molecule has 0 radical (unpaired) electrons. The SMILES string of the molecule is CC(C)c1ccc(OCC(=O)N(Cc2ccc(F)cc2)C(Cc2ccccc2)C(=O)NC2CCCCC2)c(Br)c1. The molecular formula is C33H38BrFN2O3. The zero-order valence-electron chi connectivity index (χ0n) is 23.2. The highest BCUT2D eigenvalue weighted by Gasteiger charge is 2.32. The van der Waals surface area contributed by atoms with E-state index in [1.807, 2.05) is 48.5 Å². The maximum Gasteiger partial charge on any atom is 0.261 e. The van der Waals surface area contributed by atoms with Crippen LogP contribution in [0.25, 0.3) is 0 Å². The fourth-order valence-corrected chi connectivity index (χ4v) is 5.61. The van der Waals surface area contributed by atoms with Crippen LogP contribution in [-0.4, -0.2) is 35.4 Å². The Kier molecular flexibility index (Phi) is 10.8. The van der Waals surface area contributed by atoms with Crippen LogP contribution in [0.3, 0.4) is 0 Å². The second kappa shape index (κ2) is 14.4. The van der Waals surface area contributed by atoms with E-state index in [0.717, 1.165) is 46.8 Å². The highest BCUT2D eigenvalue weighted by Crippen LogP contribution is 2.29. The van der Waals surface area contributed by atoms with Gasteiger partial charge in [0.2, 0.25) is 5.91 Å². The second-order valence-electron chi connectivity index (χ2n) is 10.8. The fraction of sp³-hybridized carbons (Fsp3) is 0.394. The molecule has 0 aliphatic heterocycles. The van der Waals surface area contributed by atoms with Gasteiger partial charge in [-0.3, -0.25) is 9.59 Å². The average Bonchev–Trinajstić information content (AvgIpc) is 2.96. The monoisotopic (exact) mass is 608 g/mol. The summed E-state index contributed by atoms with van der Waals surface area (Å²) in [6.45, 7) is 4.16. The summed E-state index contributed by atoms with van der Waals surface area (Å²) in [6, 6.07) is 20.9. The maximum atomic E-state index is 13.8. The number of carbonyl (C=O) groups is 2. The Balaban J connectivity index is 1.60. The van der Waals surface area contributed by atoms with E-state index in [4.69, 9.17) is 4.74 Å². The lowest BCUT2D eigenvalue weighted by molar-refractivity contribution is -0.143. The van der Waals surface area contributed by atoms with Crippen LogP contribution in [0.2, 0.25) is 0 Å². The van der Waals surface area contributed by atoms with Crippen molar-refractivity contribution in [1.29, 1.82) is 0 Å². The Morgan fingerprint density at radius 2 is 1.68 bits per heavy atom. The molecule has 0 spiro atoms. The molecule has 1 saturated carbocycles. The van der Waals surface area contributed by atoms with Crippen molar-refractivity contribution in [2.24, 2.45) is 0 Å². The average molecular weight is 610 g/mol. The normalized spacial score (nSPS) is 14.5. The molecule has 1 fully saturated rings. The third-order valence-electron chi connectivity index (χ3n) is 7.46. The van der Waals surface area contributed by atoms with E-state index < -0.39 is 6.04 Å². The van der Waals surface area contributed by atoms with E-state index in [0.29, 0.717) is 18.1 Å². The lowest BCUT2D eigenvalue weighted by Crippen LogP contribution is -2.53. The summed E-state index contributed by atoms with van der Waals surface area (Å²) in [5.74, 6) is 0.0819. The first-order chi connectivity index (χ1) is 19.3. The van der Waals surface area contributed by atoms with Gasteiger partial charge in [-0.05, 0) is 75.6 Å². The Labute approximate surface area is 245 Å². The number of halogens is 2. The Bertz CT molecular complexity index is 1260. The molecule has 0 saturated heterocycles. The van der Waals surface area contributed by atoms with Gasteiger partial charge in [0, 0.05) is 19.0 Å². The van der Waals surface area contributed by atoms with Crippen LogP contribution in [-0.2, 0) is 22.6 Å². The number of amides is 2. The molecule has 4 rings (SSSR count). The van der Waals surface area contributed by atoms with Crippen LogP contribution in [0.1, 0.15) is 68.6 Å². The number of ether oxygens (including phenoxy) is 1. The van der Waals surface area contributed by atoms with Crippen molar-refractivity contribution < 1.29 is 18.7 Å². The first-order valence-corrected chi connectivity index (χ1v) is 14.9. The van der Waals surface area contributed by atoms with E-state index in [9.17, 15) is 14.0 Å². The Morgan fingerprint density at radius 1 is 0.975 bits per heavy atom. The summed E-state index contributed by atoms with van der Waals surface area (Å²) in [7, 11) is 0. The van der Waals surface area contributed by atoms with Gasteiger partial charge < -0.3 is 15.0 Å². The predicted octanol–water partition coefficient (Wildman–Crippen LogP) is 7.18. The third kappa shape index (κ3) is 8.40. The van der Waals surface area contributed by atoms with Gasteiger partial charge in [-0.15, -0.1) is 0 Å². The van der Waals surface area contributed by atoms with Crippen molar-refractivity contribution in [3.8, 4) is 5.75 Å². The van der Waals surface area contributed by atoms with E-state index >= 15 is 0 Å². The van der Waals surface area contributed by atoms with Crippen molar-refractivity contribution in [2.45, 2.75) is 76.9 Å². The number of benzene rings is 3. The van der Waals surface area contributed by atoms with Crippen LogP contribution in [0, 0.1) is 5.82 Å². The Morgan fingerprint density at radius 3 is 2.33 bits per heavy atom. The minimum atomic E-state index is -0.753. The van der Waals surface area contributed by atoms with Gasteiger partial charge >= 0.3 is 0 Å². The van der Waals surface area contributed by atoms with Crippen LogP contribution in [0.15, 0.2) is 77.3 Å². The Hall–Kier alpha value is -3.19. The summed E-state index contributed by atoms with van der Waals surface area (Å²) in [5, 5.41) is 3.23. The van der Waals surface area contributed by atoms with Gasteiger partial charge in [-0.1, -0.05) is 81.6 Å². The zero-order chi connectivity index (χ0) is 28.5. The molecule has 212 valence electrons. The molecular weight excluding hydrogens is 571 g/mol. The van der Waals surface area contributed by atoms with Crippen molar-refractivity contribution in [3.05, 3.63) is 99.8 Å². The standard InChI is InChI=1S/C33H38BrFN2O3/c1-23(2)26-15-18-31(29(34)20-26)40-22-32(38)37(21-25-13-16-27(35)17-14-25)30(19-24-9-5-3-6-10-24)33(39)36-28-11-7-4-8-12-28/h3,5-6,9-10,13-18,20,23,28,30H,4,7-8,11-12,19,21-22H2,1-2H3,(H,36,39). The molecule has 1 aliphatic carbocycles. The summed E-state index contributed by atoms with van der Waals surface area (Å²) >= 11 is 3.57. The molecule has 40 heavy (non-hydrogen) atoms. The van der Waals surface area contributed by atoms with Crippen molar-refractivity contribution >= 4 is 27.7 Å². The minimum Gasteiger partial charge on any atom is -0.483 e. The van der Waals surface area contributed by atoms with E-state index in [1.165, 1.54) is 18.6 Å². The number of hydrogen-bond donors (Lipinski definition) is 1. The van der Waals surface area contributed by atoms with Crippen molar-refractivity contribution in [3.63, 3.8) is 0 Å². The topological polar surface area (TPSA) is 58.6 Å². The molecule has 2 amide bonds. The first-order valence-electron chi connectivity index (χ1n) is 14.1. The summed E-state index contributed by atoms with van der Waals surface area (Å²) in [4.78, 5) is 29.2. The van der Waals surface area contributed by atoms with Gasteiger partial charge in [0.1, 0.15) is 17.6 Å². The molecule has 0 aromatic heterocycles. The summed E-state index contributed by atoms with van der Waals surface area (Å²) < 4.78 is 20.4. The number of carbonyl (C=O) groups excluding carboxylic acids is 2. The van der Waals surface area contributed by atoms with Crippen LogP contribution >= 0.6 is 15.9 Å². The highest BCUT2D eigenvalue weighted by atomic mass is 79.9. The van der Waals surface area contributed by atoms with Gasteiger partial charge in [0.15, 0.2) is 6.61 Å². The molecule has 1 unspecified atom stereocenters. The van der Waals surface area contributed by atoms with E-state index in [-0.39, 0.29) is 36.8 Å². The second-order valence-corrected chi connectivity index (χ2v) is 11.7. The number of rotatable bonds is 11. The van der Waals surface area contributed by atoms with E-state index in [2.05, 4.69) is 35.1 Å². The predicted molar refractivity (Wildman–Crippen MR) is 160 cm³/mol. The van der Waals surface area contributed by atoms with E-state index in [1.54, 1.807) is 17.0 Å². The summed E-state index contributed by atoms with van der Waals surface area (Å²) in [6.07, 6.45) is 5.60. The molecule has 1 N–H and O–H groups in total. The minimum absolute atomic E-state index is 0.106. The van der Waals surface area contributed by atoms with Crippen molar-refractivity contribution in [1.82, 2.24) is 10.2 Å². The van der Waals surface area contributed by atoms with Gasteiger partial charge in [-0.2, -0.15) is 0 Å². The van der Waals surface area contributed by atoms with Crippen molar-refractivity contribution in [2.75, 3.05) is 6.61 Å². The largest absolute Gasteiger partial charge is 0.483 e. The van der Waals surface area contributed by atoms with Crippen LogP contribution < -0.4 is 10.1 Å². The lowest BCUT2D eigenvalue weighted by atomic mass is 9.94. The molecule has 3 aromatic rings. The fourth-order valence-electron chi connectivity index (χ4n) is 5.10. The number of nitrogens with zero attached hydrogens (tertiary/aromatic N) is 1. The first kappa shape index (κ1) is 29.8. The maximum absolute atomic E-state index is 13.8. The quantitative estimate of drug-likeness (QED) is 0.251. The number of nitrogens with one attached hydrogen (secondary N) is 1. The summed E-state index contributed by atoms with van der Waals surface area (Å²) in [5.41, 5.74) is 2.85. The molecule has 3 aromatic carbocycles. The third-order valence-corrected chi connectivity index (χ3v) is 8.08. The van der Waals surface area contributed by atoms with Crippen LogP contribution in [0.4, 0.5) is 4.39 Å². The smallest absolute Gasteiger partial charge is 0.261 e. The molecule has 5 nitrogen and oxygen atoms in total. The molecule has 0 bridgehead atoms. The van der Waals surface area contributed by atoms with Crippen LogP contribution in [0.5, 0.6) is 5.75 Å². The zero-order valence-corrected chi connectivity index (χ0v) is 24.8. The van der Waals surface area contributed by atoms with Gasteiger partial charge in [0.05, 0.1) is 4.47 Å². The molecule has 0 heterocycles. The molecule has 7 heteroatoms. The lowest BCUT2D eigenvalue weighted by Gasteiger charge is -2.33. The molecule has 1 atom stereocenters. The van der Waals surface area contributed by atoms with Gasteiger partial charge in [-0.25, -0.2) is 4.39 Å². The highest BCUT2D eigenvalue weighted by molar-refractivity contribution is 9.10. The molecule has 1 aliphatic rings.